The number of nitrogens with two attached hydrogens (primary N) is 1. The van der Waals surface area contributed by atoms with Crippen molar-refractivity contribution in [2.24, 2.45) is 0 Å². The zero-order valence-electron chi connectivity index (χ0n) is 6.06. The Morgan fingerprint density at radius 3 is 2.73 bits per heavy atom. The van der Waals surface area contributed by atoms with E-state index in [-0.39, 0.29) is 0 Å². The lowest BCUT2D eigenvalue weighted by molar-refractivity contribution is 1.21. The van der Waals surface area contributed by atoms with Gasteiger partial charge in [0, 0.05) is 12.1 Å². The monoisotopic (exact) mass is 190 g/mol. The quantitative estimate of drug-likeness (QED) is 0.692. The smallest absolute Gasteiger partial charge is 0.142 e. The number of aryl methyl sites for hydroxylation is 1. The molecular weight excluding hydrogens is 183 g/mol. The largest absolute Gasteiger partial charge is 0.382 e. The molecule has 0 atom stereocenters. The summed E-state index contributed by atoms with van der Waals surface area (Å²) in [6.45, 7) is 1.90. The summed E-state index contributed by atoms with van der Waals surface area (Å²) < 4.78 is 0. The van der Waals surface area contributed by atoms with Crippen LogP contribution in [0.3, 0.4) is 0 Å². The Hall–Kier alpha value is -0.470. The van der Waals surface area contributed by atoms with Crippen molar-refractivity contribution in [2.45, 2.75) is 12.8 Å². The maximum Gasteiger partial charge on any atom is 0.142 e. The summed E-state index contributed by atoms with van der Waals surface area (Å²) in [5.74, 6) is 0.713. The van der Waals surface area contributed by atoms with Crippen molar-refractivity contribution in [1.82, 2.24) is 4.98 Å². The van der Waals surface area contributed by atoms with Gasteiger partial charge in [0.1, 0.15) is 5.82 Å². The van der Waals surface area contributed by atoms with Gasteiger partial charge in [-0.3, -0.25) is 0 Å². The van der Waals surface area contributed by atoms with Gasteiger partial charge < -0.3 is 5.73 Å². The molecule has 0 saturated carbocycles. The van der Waals surface area contributed by atoms with Gasteiger partial charge in [-0.2, -0.15) is 0 Å². The van der Waals surface area contributed by atoms with E-state index >= 15 is 0 Å². The maximum atomic E-state index is 5.83. The van der Waals surface area contributed by atoms with Crippen molar-refractivity contribution in [3.8, 4) is 0 Å². The highest BCUT2D eigenvalue weighted by Gasteiger charge is 2.06. The van der Waals surface area contributed by atoms with E-state index in [9.17, 15) is 0 Å². The van der Waals surface area contributed by atoms with Crippen LogP contribution < -0.4 is 5.73 Å². The van der Waals surface area contributed by atoms with Gasteiger partial charge in [-0.1, -0.05) is 11.6 Å². The molecule has 60 valence electrons. The number of anilines is 1. The first kappa shape index (κ1) is 8.62. The molecule has 1 heterocycles. The van der Waals surface area contributed by atoms with Crippen LogP contribution in [0, 0.1) is 6.92 Å². The Balaban J connectivity index is 3.29. The number of hydrogen-bond donors (Lipinski definition) is 1. The van der Waals surface area contributed by atoms with Crippen LogP contribution in [0.4, 0.5) is 5.82 Å². The first-order valence-corrected chi connectivity index (χ1v) is 4.03. The van der Waals surface area contributed by atoms with Gasteiger partial charge in [0.05, 0.1) is 5.02 Å². The van der Waals surface area contributed by atoms with Crippen molar-refractivity contribution in [3.05, 3.63) is 22.3 Å². The molecule has 1 aromatic heterocycles. The summed E-state index contributed by atoms with van der Waals surface area (Å²) in [6.07, 6.45) is 1.67. The topological polar surface area (TPSA) is 38.9 Å². The molecule has 0 aliphatic rings. The Morgan fingerprint density at radius 1 is 1.64 bits per heavy atom. The molecule has 2 nitrogen and oxygen atoms in total. The van der Waals surface area contributed by atoms with Crippen molar-refractivity contribution < 1.29 is 0 Å². The standard InChI is InChI=1S/C7H8Cl2N2/c1-4-3-11-7(10)6(9)5(4)2-8/h3H,2H2,1H3,(H2,10,11). The van der Waals surface area contributed by atoms with Crippen LogP contribution in [0.25, 0.3) is 0 Å². The van der Waals surface area contributed by atoms with Crippen molar-refractivity contribution >= 4 is 29.0 Å². The summed E-state index contributed by atoms with van der Waals surface area (Å²) in [5.41, 5.74) is 7.30. The molecule has 0 spiro atoms. The minimum Gasteiger partial charge on any atom is -0.382 e. The second-order valence-corrected chi connectivity index (χ2v) is 2.90. The van der Waals surface area contributed by atoms with Crippen LogP contribution in [-0.4, -0.2) is 4.98 Å². The zero-order chi connectivity index (χ0) is 8.43. The second kappa shape index (κ2) is 3.28. The number of pyridine rings is 1. The fourth-order valence-electron chi connectivity index (χ4n) is 0.793. The molecule has 2 N–H and O–H groups in total. The van der Waals surface area contributed by atoms with Crippen molar-refractivity contribution in [2.75, 3.05) is 5.73 Å². The molecular formula is C7H8Cl2N2. The molecule has 0 radical (unpaired) electrons. The third-order valence-electron chi connectivity index (χ3n) is 1.50. The maximum absolute atomic E-state index is 5.83. The number of nitrogens with zero attached hydrogens (tertiary/aromatic N) is 1. The van der Waals surface area contributed by atoms with Crippen molar-refractivity contribution in [3.63, 3.8) is 0 Å². The van der Waals surface area contributed by atoms with E-state index in [1.807, 2.05) is 6.92 Å². The van der Waals surface area contributed by atoms with Crippen LogP contribution in [0.5, 0.6) is 0 Å². The lowest BCUT2D eigenvalue weighted by atomic mass is 10.2. The van der Waals surface area contributed by atoms with Crippen LogP contribution in [0.1, 0.15) is 11.1 Å². The minimum atomic E-state index is 0.341. The molecule has 0 unspecified atom stereocenters. The fourth-order valence-corrected chi connectivity index (χ4v) is 1.47. The minimum absolute atomic E-state index is 0.341. The number of rotatable bonds is 1. The average Bonchev–Trinajstić information content (AvgIpc) is 1.99. The molecule has 0 bridgehead atoms. The number of nitrogen functional groups attached to an aromatic ring is 1. The van der Waals surface area contributed by atoms with E-state index in [1.165, 1.54) is 0 Å². The van der Waals surface area contributed by atoms with Crippen LogP contribution in [0.15, 0.2) is 6.20 Å². The van der Waals surface area contributed by atoms with Gasteiger partial charge in [-0.25, -0.2) is 4.98 Å². The summed E-state index contributed by atoms with van der Waals surface area (Å²) in [5, 5.41) is 0.472. The van der Waals surface area contributed by atoms with Gasteiger partial charge in [0.15, 0.2) is 0 Å². The molecule has 1 rings (SSSR count). The first-order chi connectivity index (χ1) is 5.16. The summed E-state index contributed by atoms with van der Waals surface area (Å²) in [4.78, 5) is 3.87. The lowest BCUT2D eigenvalue weighted by Gasteiger charge is -2.05. The lowest BCUT2D eigenvalue weighted by Crippen LogP contribution is -1.96. The first-order valence-electron chi connectivity index (χ1n) is 3.12. The van der Waals surface area contributed by atoms with Gasteiger partial charge in [0.2, 0.25) is 0 Å². The fraction of sp³-hybridized carbons (Fsp3) is 0.286. The van der Waals surface area contributed by atoms with Gasteiger partial charge in [-0.15, -0.1) is 11.6 Å². The van der Waals surface area contributed by atoms with Gasteiger partial charge in [-0.05, 0) is 18.1 Å². The van der Waals surface area contributed by atoms with E-state index < -0.39 is 0 Å². The average molecular weight is 191 g/mol. The van der Waals surface area contributed by atoms with Gasteiger partial charge in [0.25, 0.3) is 0 Å². The molecule has 0 aliphatic heterocycles. The number of alkyl halides is 1. The summed E-state index contributed by atoms with van der Waals surface area (Å²) >= 11 is 11.5. The molecule has 0 aliphatic carbocycles. The van der Waals surface area contributed by atoms with Crippen LogP contribution in [-0.2, 0) is 5.88 Å². The number of halogens is 2. The van der Waals surface area contributed by atoms with E-state index in [4.69, 9.17) is 28.9 Å². The molecule has 0 aromatic carbocycles. The van der Waals surface area contributed by atoms with Crippen molar-refractivity contribution in [1.29, 1.82) is 0 Å². The van der Waals surface area contributed by atoms with E-state index in [1.54, 1.807) is 6.20 Å². The Kier molecular flexibility index (Phi) is 2.58. The van der Waals surface area contributed by atoms with E-state index in [0.717, 1.165) is 11.1 Å². The number of aromatic nitrogens is 1. The second-order valence-electron chi connectivity index (χ2n) is 2.25. The highest BCUT2D eigenvalue weighted by atomic mass is 35.5. The molecule has 1 aromatic rings. The molecule has 4 heteroatoms. The van der Waals surface area contributed by atoms with E-state index in [2.05, 4.69) is 4.98 Å². The third kappa shape index (κ3) is 1.57. The van der Waals surface area contributed by atoms with Gasteiger partial charge >= 0.3 is 0 Å². The van der Waals surface area contributed by atoms with Crippen LogP contribution >= 0.6 is 23.2 Å². The Labute approximate surface area is 75.3 Å². The van der Waals surface area contributed by atoms with Crippen LogP contribution in [0.2, 0.25) is 5.02 Å². The summed E-state index contributed by atoms with van der Waals surface area (Å²) in [6, 6.07) is 0. The SMILES string of the molecule is Cc1cnc(N)c(Cl)c1CCl. The highest BCUT2D eigenvalue weighted by Crippen LogP contribution is 2.25. The zero-order valence-corrected chi connectivity index (χ0v) is 7.58. The summed E-state index contributed by atoms with van der Waals surface area (Å²) in [7, 11) is 0. The Morgan fingerprint density at radius 2 is 2.27 bits per heavy atom. The molecule has 0 saturated heterocycles. The predicted molar refractivity (Wildman–Crippen MR) is 48.0 cm³/mol. The molecule has 0 amide bonds. The van der Waals surface area contributed by atoms with E-state index in [0.29, 0.717) is 16.7 Å². The Bertz CT molecular complexity index is 273. The highest BCUT2D eigenvalue weighted by molar-refractivity contribution is 6.34. The molecule has 11 heavy (non-hydrogen) atoms. The normalized spacial score (nSPS) is 10.1. The molecule has 0 fully saturated rings. The number of hydrogen-bond acceptors (Lipinski definition) is 2. The predicted octanol–water partition coefficient (Wildman–Crippen LogP) is 2.36. The third-order valence-corrected chi connectivity index (χ3v) is 2.19.